The van der Waals surface area contributed by atoms with Crippen LogP contribution in [-0.2, 0) is 44.2 Å². The number of hydrogen-bond acceptors (Lipinski definition) is 12. The summed E-state index contributed by atoms with van der Waals surface area (Å²) in [5.41, 5.74) is 2.99. The summed E-state index contributed by atoms with van der Waals surface area (Å²) < 4.78 is 58.0. The highest BCUT2D eigenvalue weighted by Gasteiger charge is 2.50. The highest BCUT2D eigenvalue weighted by Crippen LogP contribution is 2.52. The van der Waals surface area contributed by atoms with E-state index in [-0.39, 0.29) is 103 Å². The van der Waals surface area contributed by atoms with E-state index in [9.17, 15) is 19.2 Å². The smallest absolute Gasteiger partial charge is 0.255 e. The van der Waals surface area contributed by atoms with E-state index in [1.165, 1.54) is 12.3 Å². The lowest BCUT2D eigenvalue weighted by atomic mass is 9.80. The van der Waals surface area contributed by atoms with Gasteiger partial charge in [-0.3, -0.25) is 19.2 Å². The molecule has 1 amide bonds. The minimum absolute atomic E-state index is 0.0393. The molecule has 0 bridgehead atoms. The van der Waals surface area contributed by atoms with Gasteiger partial charge in [0.05, 0.1) is 62.7 Å². The number of benzene rings is 3. The minimum Gasteiger partial charge on any atom is -0.480 e. The van der Waals surface area contributed by atoms with Crippen LogP contribution in [0.15, 0.2) is 67.0 Å². The van der Waals surface area contributed by atoms with Crippen LogP contribution in [0.3, 0.4) is 0 Å². The summed E-state index contributed by atoms with van der Waals surface area (Å²) in [6.45, 7) is 3.93. The first kappa shape index (κ1) is 44.3. The van der Waals surface area contributed by atoms with Crippen molar-refractivity contribution in [2.75, 3.05) is 39.6 Å². The molecule has 3 atom stereocenters. The molecular weight excluding hydrogens is 862 g/mol. The second kappa shape index (κ2) is 18.9. The topological polar surface area (TPSA) is 164 Å². The predicted molar refractivity (Wildman–Crippen MR) is 233 cm³/mol. The summed E-state index contributed by atoms with van der Waals surface area (Å²) in [7, 11) is 0. The van der Waals surface area contributed by atoms with Crippen molar-refractivity contribution in [3.05, 3.63) is 111 Å². The standard InChI is InChI=1S/C48H47ClF2N6O8/c1-2-38(59)34-25-53-46(45(51)43(34)42-33-24-48(41-9-6-14-52-41,30-7-4-3-5-8-30)65-40(33)23-35(50)44(42)49)64-20-19-63-18-17-62-16-15-56-27-36(54-55-56)28-10-12-32-29(21-28)26-57(47(32)61)37-13-11-31(58)22-39(37)60/h3-5,7-8,10,12,21,23,25,27,37,41,52H,2,6,9,11,13-20,22,24,26H2,1H3/t37?,41-,48-/m0/s1. The lowest BCUT2D eigenvalue weighted by Crippen LogP contribution is -2.48. The molecule has 1 saturated carbocycles. The molecule has 1 aliphatic carbocycles. The number of rotatable bonds is 17. The Hall–Kier alpha value is -5.94. The van der Waals surface area contributed by atoms with Crippen LogP contribution in [-0.4, -0.2) is 99.8 Å². The van der Waals surface area contributed by atoms with E-state index < -0.39 is 29.1 Å². The van der Waals surface area contributed by atoms with Gasteiger partial charge < -0.3 is 29.2 Å². The second-order valence-electron chi connectivity index (χ2n) is 16.6. The number of halogens is 3. The lowest BCUT2D eigenvalue weighted by molar-refractivity contribution is -0.133. The van der Waals surface area contributed by atoms with Gasteiger partial charge in [0, 0.05) is 71.5 Å². The van der Waals surface area contributed by atoms with Crippen molar-refractivity contribution in [2.24, 2.45) is 0 Å². The molecule has 0 spiro atoms. The zero-order valence-corrected chi connectivity index (χ0v) is 36.5. The minimum atomic E-state index is -0.945. The molecule has 1 unspecified atom stereocenters. The number of ketones is 3. The summed E-state index contributed by atoms with van der Waals surface area (Å²) in [6.07, 6.45) is 5.60. The molecule has 2 aromatic heterocycles. The molecule has 0 radical (unpaired) electrons. The Morgan fingerprint density at radius 1 is 1.00 bits per heavy atom. The van der Waals surface area contributed by atoms with Crippen molar-refractivity contribution in [2.45, 2.75) is 82.6 Å². The molecular formula is C48H47ClF2N6O8. The number of ether oxygens (including phenoxy) is 4. The van der Waals surface area contributed by atoms with Crippen molar-refractivity contribution in [1.29, 1.82) is 0 Å². The van der Waals surface area contributed by atoms with Crippen LogP contribution < -0.4 is 14.8 Å². The number of carbonyl (C=O) groups is 4. The number of carbonyl (C=O) groups excluding carboxylic acids is 4. The first-order valence-electron chi connectivity index (χ1n) is 21.9. The van der Waals surface area contributed by atoms with Gasteiger partial charge in [0.1, 0.15) is 29.7 Å². The first-order valence-corrected chi connectivity index (χ1v) is 22.3. The molecule has 3 aromatic carbocycles. The van der Waals surface area contributed by atoms with Crippen LogP contribution in [0.2, 0.25) is 5.02 Å². The number of amides is 1. The van der Waals surface area contributed by atoms with E-state index in [2.05, 4.69) is 20.6 Å². The molecule has 2 fully saturated rings. The molecule has 65 heavy (non-hydrogen) atoms. The molecule has 5 heterocycles. The molecule has 1 saturated heterocycles. The van der Waals surface area contributed by atoms with E-state index in [1.807, 2.05) is 36.4 Å². The van der Waals surface area contributed by atoms with Crippen molar-refractivity contribution >= 4 is 34.9 Å². The SMILES string of the molecule is CCC(=O)c1cnc(OCCOCCOCCn2cc(-c3ccc4c(c3)CN(C3CCC(=O)CC3=O)C4=O)nn2)c(F)c1-c1c(Cl)c(F)cc2c1C[C@](c1ccccc1)([C@@H]1CCCN1)O2. The number of nitrogens with one attached hydrogen (secondary N) is 1. The second-order valence-corrected chi connectivity index (χ2v) is 17.0. The Morgan fingerprint density at radius 2 is 1.80 bits per heavy atom. The molecule has 14 nitrogen and oxygen atoms in total. The Labute approximate surface area is 378 Å². The third kappa shape index (κ3) is 8.67. The summed E-state index contributed by atoms with van der Waals surface area (Å²) in [5, 5.41) is 11.7. The number of aromatic nitrogens is 4. The maximum Gasteiger partial charge on any atom is 0.255 e. The zero-order valence-electron chi connectivity index (χ0n) is 35.7. The van der Waals surface area contributed by atoms with Crippen molar-refractivity contribution in [1.82, 2.24) is 30.2 Å². The Balaban J connectivity index is 0.788. The third-order valence-corrected chi connectivity index (χ3v) is 13.0. The van der Waals surface area contributed by atoms with Crippen LogP contribution in [0.4, 0.5) is 8.78 Å². The molecule has 3 aliphatic heterocycles. The zero-order chi connectivity index (χ0) is 45.2. The van der Waals surface area contributed by atoms with Gasteiger partial charge >= 0.3 is 0 Å². The fourth-order valence-corrected chi connectivity index (χ4v) is 9.66. The van der Waals surface area contributed by atoms with Gasteiger partial charge in [0.15, 0.2) is 23.0 Å². The summed E-state index contributed by atoms with van der Waals surface area (Å²) >= 11 is 6.71. The molecule has 338 valence electrons. The first-order chi connectivity index (χ1) is 31.6. The maximum atomic E-state index is 16.8. The average molecular weight is 909 g/mol. The predicted octanol–water partition coefficient (Wildman–Crippen LogP) is 6.87. The van der Waals surface area contributed by atoms with E-state index in [4.69, 9.17) is 30.5 Å². The van der Waals surface area contributed by atoms with Crippen molar-refractivity contribution < 1.29 is 46.9 Å². The van der Waals surface area contributed by atoms with Gasteiger partial charge in [-0.2, -0.15) is 0 Å². The van der Waals surface area contributed by atoms with Gasteiger partial charge in [0.2, 0.25) is 0 Å². The van der Waals surface area contributed by atoms with Crippen LogP contribution in [0.25, 0.3) is 22.4 Å². The highest BCUT2D eigenvalue weighted by molar-refractivity contribution is 6.34. The van der Waals surface area contributed by atoms with Gasteiger partial charge in [-0.05, 0) is 49.1 Å². The van der Waals surface area contributed by atoms with E-state index >= 15 is 8.78 Å². The van der Waals surface area contributed by atoms with E-state index in [0.29, 0.717) is 49.4 Å². The Kier molecular flexibility index (Phi) is 12.9. The van der Waals surface area contributed by atoms with Crippen LogP contribution in [0.5, 0.6) is 11.6 Å². The maximum absolute atomic E-state index is 16.8. The van der Waals surface area contributed by atoms with Crippen LogP contribution in [0.1, 0.15) is 82.9 Å². The molecule has 5 aromatic rings. The van der Waals surface area contributed by atoms with Crippen LogP contribution >= 0.6 is 11.6 Å². The summed E-state index contributed by atoms with van der Waals surface area (Å²) in [5.74, 6) is -2.81. The molecule has 9 rings (SSSR count). The third-order valence-electron chi connectivity index (χ3n) is 12.7. The molecule has 4 aliphatic rings. The summed E-state index contributed by atoms with van der Waals surface area (Å²) in [4.78, 5) is 56.3. The normalized spacial score (nSPS) is 20.3. The van der Waals surface area contributed by atoms with E-state index in [1.54, 1.807) is 34.8 Å². The van der Waals surface area contributed by atoms with Gasteiger partial charge in [-0.1, -0.05) is 60.1 Å². The Morgan fingerprint density at radius 3 is 2.57 bits per heavy atom. The van der Waals surface area contributed by atoms with Crippen molar-refractivity contribution in [3.8, 4) is 34.0 Å². The Bertz CT molecular complexity index is 2660. The fourth-order valence-electron chi connectivity index (χ4n) is 9.40. The number of pyridine rings is 1. The average Bonchev–Trinajstić information content (AvgIpc) is 4.15. The van der Waals surface area contributed by atoms with E-state index in [0.717, 1.165) is 36.1 Å². The largest absolute Gasteiger partial charge is 0.480 e. The lowest BCUT2D eigenvalue weighted by Gasteiger charge is -2.35. The highest BCUT2D eigenvalue weighted by atomic mass is 35.5. The van der Waals surface area contributed by atoms with Gasteiger partial charge in [-0.15, -0.1) is 5.10 Å². The number of hydrogen-bond donors (Lipinski definition) is 1. The van der Waals surface area contributed by atoms with Crippen LogP contribution in [0, 0.1) is 11.6 Å². The molecule has 17 heteroatoms. The fraction of sp³-hybridized carbons (Fsp3) is 0.396. The molecule has 1 N–H and O–H groups in total. The van der Waals surface area contributed by atoms with Gasteiger partial charge in [-0.25, -0.2) is 18.4 Å². The monoisotopic (exact) mass is 908 g/mol. The van der Waals surface area contributed by atoms with Gasteiger partial charge in [0.25, 0.3) is 11.8 Å². The number of fused-ring (bicyclic) bond motifs is 2. The quantitative estimate of drug-likeness (QED) is 0.0586. The van der Waals surface area contributed by atoms with Crippen molar-refractivity contribution in [3.63, 3.8) is 0 Å². The number of nitrogens with zero attached hydrogens (tertiary/aromatic N) is 5. The number of Topliss-reactive ketones (excluding diaryl/α,β-unsaturated/α-hetero) is 3. The summed E-state index contributed by atoms with van der Waals surface area (Å²) in [6, 6.07) is 15.6.